The van der Waals surface area contributed by atoms with E-state index in [2.05, 4.69) is 17.3 Å². The summed E-state index contributed by atoms with van der Waals surface area (Å²) in [4.78, 5) is 13.5. The van der Waals surface area contributed by atoms with Crippen LogP contribution in [0.15, 0.2) is 41.6 Å². The summed E-state index contributed by atoms with van der Waals surface area (Å²) in [5.41, 5.74) is 1.42. The van der Waals surface area contributed by atoms with Crippen LogP contribution in [0.2, 0.25) is 0 Å². The van der Waals surface area contributed by atoms with Gasteiger partial charge in [-0.1, -0.05) is 19.1 Å². The molecule has 1 N–H and O–H groups in total. The Morgan fingerprint density at radius 3 is 3.14 bits per heavy atom. The molecule has 0 bridgehead atoms. The normalized spacial score (nSPS) is 17.6. The Morgan fingerprint density at radius 2 is 2.36 bits per heavy atom. The number of benzene rings is 1. The first-order chi connectivity index (χ1) is 10.8. The van der Waals surface area contributed by atoms with E-state index in [9.17, 15) is 4.79 Å². The number of aromatic nitrogens is 2. The van der Waals surface area contributed by atoms with Crippen molar-refractivity contribution < 1.29 is 9.53 Å². The molecule has 1 aliphatic heterocycles. The molecule has 0 saturated carbocycles. The van der Waals surface area contributed by atoms with Crippen molar-refractivity contribution in [2.24, 2.45) is 0 Å². The monoisotopic (exact) mass is 317 g/mol. The molecule has 22 heavy (non-hydrogen) atoms. The van der Waals surface area contributed by atoms with Crippen LogP contribution in [-0.2, 0) is 4.74 Å². The quantitative estimate of drug-likeness (QED) is 0.860. The molecule has 1 aromatic heterocycles. The Balaban J connectivity index is 1.71. The lowest BCUT2D eigenvalue weighted by Crippen LogP contribution is -2.13. The van der Waals surface area contributed by atoms with Gasteiger partial charge >= 0.3 is 0 Å². The fourth-order valence-corrected chi connectivity index (χ4v) is 3.27. The van der Waals surface area contributed by atoms with Crippen LogP contribution in [0.25, 0.3) is 0 Å². The number of ether oxygens (including phenoxy) is 1. The fraction of sp³-hybridized carbons (Fsp3) is 0.375. The van der Waals surface area contributed by atoms with Crippen LogP contribution in [0.5, 0.6) is 0 Å². The van der Waals surface area contributed by atoms with Gasteiger partial charge < -0.3 is 10.1 Å². The summed E-state index contributed by atoms with van der Waals surface area (Å²) in [5.74, 6) is 0.836. The zero-order valence-electron chi connectivity index (χ0n) is 12.5. The highest BCUT2D eigenvalue weighted by Crippen LogP contribution is 2.24. The highest BCUT2D eigenvalue weighted by Gasteiger charge is 2.19. The first-order valence-electron chi connectivity index (χ1n) is 7.43. The molecule has 3 rings (SSSR count). The Labute approximate surface area is 134 Å². The molecule has 5 nitrogen and oxygen atoms in total. The molecule has 1 aromatic carbocycles. The van der Waals surface area contributed by atoms with Gasteiger partial charge in [0, 0.05) is 17.7 Å². The van der Waals surface area contributed by atoms with Crippen molar-refractivity contribution in [1.82, 2.24) is 9.78 Å². The molecule has 1 amide bonds. The van der Waals surface area contributed by atoms with Crippen molar-refractivity contribution in [3.05, 3.63) is 42.2 Å². The van der Waals surface area contributed by atoms with Gasteiger partial charge in [-0.2, -0.15) is 5.10 Å². The summed E-state index contributed by atoms with van der Waals surface area (Å²) in [6.45, 7) is 3.53. The number of carbonyl (C=O) groups is 1. The zero-order valence-corrected chi connectivity index (χ0v) is 13.3. The first kappa shape index (κ1) is 15.1. The van der Waals surface area contributed by atoms with Crippen molar-refractivity contribution in [3.8, 4) is 0 Å². The van der Waals surface area contributed by atoms with Gasteiger partial charge in [0.25, 0.3) is 5.91 Å². The molecule has 0 aliphatic carbocycles. The summed E-state index contributed by atoms with van der Waals surface area (Å²) in [6.07, 6.45) is 4.52. The molecule has 1 aliphatic rings. The minimum atomic E-state index is -0.0984. The summed E-state index contributed by atoms with van der Waals surface area (Å²) in [7, 11) is 0. The molecular weight excluding hydrogens is 298 g/mol. The van der Waals surface area contributed by atoms with Gasteiger partial charge in [-0.25, -0.2) is 0 Å². The van der Waals surface area contributed by atoms with Crippen molar-refractivity contribution in [3.63, 3.8) is 0 Å². The third-order valence-corrected chi connectivity index (χ3v) is 4.53. The molecule has 116 valence electrons. The predicted octanol–water partition coefficient (Wildman–Crippen LogP) is 3.21. The summed E-state index contributed by atoms with van der Waals surface area (Å²) < 4.78 is 7.23. The molecule has 0 spiro atoms. The summed E-state index contributed by atoms with van der Waals surface area (Å²) in [5, 5.41) is 7.24. The van der Waals surface area contributed by atoms with E-state index in [4.69, 9.17) is 4.74 Å². The lowest BCUT2D eigenvalue weighted by molar-refractivity contribution is 0.102. The SMILES string of the molecule is CCSc1ccccc1C(=O)Nc1cnn(C2CCOC2)c1. The molecule has 0 radical (unpaired) electrons. The van der Waals surface area contributed by atoms with Crippen LogP contribution in [0.4, 0.5) is 5.69 Å². The summed E-state index contributed by atoms with van der Waals surface area (Å²) >= 11 is 1.67. The molecule has 2 heterocycles. The third-order valence-electron chi connectivity index (χ3n) is 3.57. The number of rotatable bonds is 5. The van der Waals surface area contributed by atoms with Gasteiger partial charge in [0.2, 0.25) is 0 Å². The Morgan fingerprint density at radius 1 is 1.50 bits per heavy atom. The maximum Gasteiger partial charge on any atom is 0.256 e. The standard InChI is InChI=1S/C16H19N3O2S/c1-2-22-15-6-4-3-5-14(15)16(20)18-12-9-17-19(10-12)13-7-8-21-11-13/h3-6,9-10,13H,2,7-8,11H2,1H3,(H,18,20). The van der Waals surface area contributed by atoms with E-state index in [1.165, 1.54) is 0 Å². The van der Waals surface area contributed by atoms with E-state index < -0.39 is 0 Å². The van der Waals surface area contributed by atoms with E-state index >= 15 is 0 Å². The van der Waals surface area contributed by atoms with Gasteiger partial charge in [-0.15, -0.1) is 11.8 Å². The van der Waals surface area contributed by atoms with Crippen LogP contribution < -0.4 is 5.32 Å². The topological polar surface area (TPSA) is 56.2 Å². The van der Waals surface area contributed by atoms with Crippen LogP contribution in [-0.4, -0.2) is 34.7 Å². The van der Waals surface area contributed by atoms with Gasteiger partial charge in [0.05, 0.1) is 30.1 Å². The molecule has 1 saturated heterocycles. The number of amides is 1. The molecule has 2 aromatic rings. The van der Waals surface area contributed by atoms with E-state index in [1.54, 1.807) is 18.0 Å². The fourth-order valence-electron chi connectivity index (χ4n) is 2.47. The van der Waals surface area contributed by atoms with Gasteiger partial charge in [-0.3, -0.25) is 9.48 Å². The maximum atomic E-state index is 12.5. The highest BCUT2D eigenvalue weighted by molar-refractivity contribution is 7.99. The second-order valence-electron chi connectivity index (χ2n) is 5.11. The average molecular weight is 317 g/mol. The van der Waals surface area contributed by atoms with E-state index in [-0.39, 0.29) is 11.9 Å². The van der Waals surface area contributed by atoms with Crippen molar-refractivity contribution in [1.29, 1.82) is 0 Å². The van der Waals surface area contributed by atoms with Gasteiger partial charge in [0.15, 0.2) is 0 Å². The first-order valence-corrected chi connectivity index (χ1v) is 8.41. The molecule has 1 atom stereocenters. The number of carbonyl (C=O) groups excluding carboxylic acids is 1. The minimum absolute atomic E-state index is 0.0984. The molecule has 1 fully saturated rings. The number of anilines is 1. The molecule has 6 heteroatoms. The lowest BCUT2D eigenvalue weighted by Gasteiger charge is -2.08. The Bertz CT molecular complexity index is 650. The number of hydrogen-bond donors (Lipinski definition) is 1. The van der Waals surface area contributed by atoms with Crippen LogP contribution in [0, 0.1) is 0 Å². The Kier molecular flexibility index (Phi) is 4.80. The van der Waals surface area contributed by atoms with Crippen molar-refractivity contribution in [2.75, 3.05) is 24.3 Å². The third kappa shape index (κ3) is 3.34. The van der Waals surface area contributed by atoms with E-state index in [0.29, 0.717) is 17.9 Å². The van der Waals surface area contributed by atoms with Crippen LogP contribution in [0.1, 0.15) is 29.7 Å². The second-order valence-corrected chi connectivity index (χ2v) is 6.42. The van der Waals surface area contributed by atoms with Crippen LogP contribution >= 0.6 is 11.8 Å². The minimum Gasteiger partial charge on any atom is -0.379 e. The van der Waals surface area contributed by atoms with Gasteiger partial charge in [-0.05, 0) is 24.3 Å². The smallest absolute Gasteiger partial charge is 0.256 e. The van der Waals surface area contributed by atoms with Crippen molar-refractivity contribution in [2.45, 2.75) is 24.3 Å². The molecule has 1 unspecified atom stereocenters. The van der Waals surface area contributed by atoms with Crippen LogP contribution in [0.3, 0.4) is 0 Å². The van der Waals surface area contributed by atoms with E-state index in [0.717, 1.165) is 23.7 Å². The maximum absolute atomic E-state index is 12.5. The van der Waals surface area contributed by atoms with E-state index in [1.807, 2.05) is 35.1 Å². The largest absolute Gasteiger partial charge is 0.379 e. The predicted molar refractivity (Wildman–Crippen MR) is 87.5 cm³/mol. The number of nitrogens with one attached hydrogen (secondary N) is 1. The second kappa shape index (κ2) is 6.98. The van der Waals surface area contributed by atoms with Crippen molar-refractivity contribution >= 4 is 23.4 Å². The zero-order chi connectivity index (χ0) is 15.4. The number of nitrogens with zero attached hydrogens (tertiary/aromatic N) is 2. The molecular formula is C16H19N3O2S. The average Bonchev–Trinajstić information content (AvgIpc) is 3.19. The number of thioether (sulfide) groups is 1. The highest BCUT2D eigenvalue weighted by atomic mass is 32.2. The van der Waals surface area contributed by atoms with Gasteiger partial charge in [0.1, 0.15) is 0 Å². The Hall–Kier alpha value is -1.79. The lowest BCUT2D eigenvalue weighted by atomic mass is 10.2. The number of hydrogen-bond acceptors (Lipinski definition) is 4. The summed E-state index contributed by atoms with van der Waals surface area (Å²) in [6, 6.07) is 7.93.